The van der Waals surface area contributed by atoms with Crippen LogP contribution in [0.1, 0.15) is 43.2 Å². The van der Waals surface area contributed by atoms with Gasteiger partial charge in [0.1, 0.15) is 18.2 Å². The van der Waals surface area contributed by atoms with Gasteiger partial charge in [0.05, 0.1) is 35.5 Å². The highest BCUT2D eigenvalue weighted by molar-refractivity contribution is 6.30. The van der Waals surface area contributed by atoms with Crippen LogP contribution in [0, 0.1) is 29.5 Å². The van der Waals surface area contributed by atoms with Crippen LogP contribution in [0.5, 0.6) is 5.75 Å². The summed E-state index contributed by atoms with van der Waals surface area (Å²) in [5.41, 5.74) is 4.02. The van der Waals surface area contributed by atoms with Crippen LogP contribution in [0.25, 0.3) is 0 Å². The Morgan fingerprint density at radius 3 is 2.31 bits per heavy atom. The summed E-state index contributed by atoms with van der Waals surface area (Å²) in [5, 5.41) is 10.8. The molecule has 0 aromatic heterocycles. The van der Waals surface area contributed by atoms with E-state index in [9.17, 15) is 23.9 Å². The van der Waals surface area contributed by atoms with Gasteiger partial charge in [0.2, 0.25) is 11.8 Å². The Morgan fingerprint density at radius 1 is 0.938 bits per heavy atom. The normalized spacial score (nSPS) is 27.8. The van der Waals surface area contributed by atoms with Gasteiger partial charge in [-0.15, -0.1) is 0 Å². The lowest BCUT2D eigenvalue weighted by atomic mass is 9.49. The second kappa shape index (κ2) is 12.5. The molecule has 4 aliphatic rings. The van der Waals surface area contributed by atoms with Crippen molar-refractivity contribution in [3.63, 3.8) is 0 Å². The smallest absolute Gasteiger partial charge is 0.260 e. The first kappa shape index (κ1) is 32.0. The number of benzene rings is 3. The molecular formula is C37H35ClFN3O6. The van der Waals surface area contributed by atoms with Crippen molar-refractivity contribution < 1.29 is 33.4 Å². The van der Waals surface area contributed by atoms with Gasteiger partial charge >= 0.3 is 0 Å². The van der Waals surface area contributed by atoms with E-state index in [-0.39, 0.29) is 31.4 Å². The monoisotopic (exact) mass is 671 g/mol. The quantitative estimate of drug-likeness (QED) is 0.236. The molecule has 1 saturated carbocycles. The lowest BCUT2D eigenvalue weighted by molar-refractivity contribution is -0.141. The molecule has 3 aromatic carbocycles. The summed E-state index contributed by atoms with van der Waals surface area (Å²) in [4.78, 5) is 58.5. The number of aliphatic hydroxyl groups excluding tert-OH is 1. The first-order valence-electron chi connectivity index (χ1n) is 16.3. The number of carbonyl (C=O) groups is 4. The molecule has 0 radical (unpaired) electrons. The summed E-state index contributed by atoms with van der Waals surface area (Å²) in [7, 11) is 0. The Hall–Kier alpha value is -4.54. The molecule has 6 atom stereocenters. The van der Waals surface area contributed by atoms with Gasteiger partial charge in [0, 0.05) is 17.5 Å². The molecule has 0 spiro atoms. The van der Waals surface area contributed by atoms with Crippen molar-refractivity contribution in [3.8, 4) is 5.75 Å². The third-order valence-electron chi connectivity index (χ3n) is 10.4. The molecule has 2 heterocycles. The molecule has 48 heavy (non-hydrogen) atoms. The van der Waals surface area contributed by atoms with Gasteiger partial charge in [-0.1, -0.05) is 54.4 Å². The molecular weight excluding hydrogens is 637 g/mol. The summed E-state index contributed by atoms with van der Waals surface area (Å²) >= 11 is 6.34. The standard InChI is InChI=1S/C37H35ClFN3O6/c1-2-17-41-33(44)28-16-15-27-29(31(28)35(41)46)20-30-34(45)42(40-25-11-9-24(39)10-12-25)36(47)37(30,22-5-7-23(38)8-6-22)32(27)21-3-13-26(14-4-21)48-19-18-43/h3-15,28-32,40,43H,2,16-20H2,1H3/t28-,29+,30-,31-,32-,37+/m0/s1. The van der Waals surface area contributed by atoms with E-state index in [0.717, 1.165) is 16.1 Å². The van der Waals surface area contributed by atoms with Crippen LogP contribution in [-0.2, 0) is 24.6 Å². The van der Waals surface area contributed by atoms with Crippen LogP contribution in [0.4, 0.5) is 10.1 Å². The first-order valence-corrected chi connectivity index (χ1v) is 16.6. The highest BCUT2D eigenvalue weighted by Gasteiger charge is 2.70. The van der Waals surface area contributed by atoms with Crippen LogP contribution in [0.3, 0.4) is 0 Å². The summed E-state index contributed by atoms with van der Waals surface area (Å²) in [5.74, 6) is -4.59. The summed E-state index contributed by atoms with van der Waals surface area (Å²) in [6.45, 7) is 2.20. The number of nitrogens with one attached hydrogen (secondary N) is 1. The van der Waals surface area contributed by atoms with Crippen molar-refractivity contribution in [3.05, 3.63) is 106 Å². The highest BCUT2D eigenvalue weighted by atomic mass is 35.5. The molecule has 11 heteroatoms. The van der Waals surface area contributed by atoms with Gasteiger partial charge < -0.3 is 9.84 Å². The molecule has 2 aliphatic carbocycles. The maximum absolute atomic E-state index is 15.1. The van der Waals surface area contributed by atoms with Crippen molar-refractivity contribution in [1.29, 1.82) is 0 Å². The lowest BCUT2D eigenvalue weighted by Gasteiger charge is -2.50. The van der Waals surface area contributed by atoms with Crippen molar-refractivity contribution >= 4 is 40.9 Å². The predicted molar refractivity (Wildman–Crippen MR) is 175 cm³/mol. The minimum Gasteiger partial charge on any atom is -0.491 e. The molecule has 3 aromatic rings. The number of aliphatic hydroxyl groups is 1. The fourth-order valence-corrected chi connectivity index (χ4v) is 8.59. The molecule has 2 N–H and O–H groups in total. The third kappa shape index (κ3) is 4.92. The maximum Gasteiger partial charge on any atom is 0.260 e. The topological polar surface area (TPSA) is 116 Å². The Kier molecular flexibility index (Phi) is 8.33. The van der Waals surface area contributed by atoms with Gasteiger partial charge in [-0.3, -0.25) is 29.5 Å². The molecule has 2 aliphatic heterocycles. The molecule has 0 unspecified atom stereocenters. The van der Waals surface area contributed by atoms with Crippen molar-refractivity contribution in [2.45, 2.75) is 37.5 Å². The second-order valence-electron chi connectivity index (χ2n) is 12.8. The van der Waals surface area contributed by atoms with E-state index < -0.39 is 52.6 Å². The fourth-order valence-electron chi connectivity index (χ4n) is 8.46. The Balaban J connectivity index is 1.42. The number of nitrogens with zero attached hydrogens (tertiary/aromatic N) is 2. The zero-order chi connectivity index (χ0) is 33.7. The summed E-state index contributed by atoms with van der Waals surface area (Å²) < 4.78 is 19.4. The predicted octanol–water partition coefficient (Wildman–Crippen LogP) is 5.25. The largest absolute Gasteiger partial charge is 0.491 e. The lowest BCUT2D eigenvalue weighted by Crippen LogP contribution is -2.53. The minimum atomic E-state index is -1.45. The van der Waals surface area contributed by atoms with Gasteiger partial charge in [-0.2, -0.15) is 5.01 Å². The molecule has 4 amide bonds. The number of hydrazine groups is 1. The molecule has 3 fully saturated rings. The average molecular weight is 672 g/mol. The van der Waals surface area contributed by atoms with Crippen LogP contribution in [0.15, 0.2) is 84.4 Å². The minimum absolute atomic E-state index is 0.108. The number of amides is 4. The van der Waals surface area contributed by atoms with Crippen LogP contribution < -0.4 is 10.2 Å². The van der Waals surface area contributed by atoms with Crippen molar-refractivity contribution in [2.75, 3.05) is 25.2 Å². The van der Waals surface area contributed by atoms with Gasteiger partial charge in [-0.25, -0.2) is 4.39 Å². The molecule has 0 bridgehead atoms. The van der Waals surface area contributed by atoms with Crippen LogP contribution in [-0.4, -0.2) is 58.4 Å². The van der Waals surface area contributed by atoms with E-state index in [2.05, 4.69) is 5.43 Å². The molecule has 2 saturated heterocycles. The number of likely N-dealkylation sites (tertiary alicyclic amines) is 1. The number of halogens is 2. The number of ether oxygens (including phenoxy) is 1. The highest BCUT2D eigenvalue weighted by Crippen LogP contribution is 2.64. The Morgan fingerprint density at radius 2 is 1.65 bits per heavy atom. The molecule has 9 nitrogen and oxygen atoms in total. The number of hydrogen-bond donors (Lipinski definition) is 2. The van der Waals surface area contributed by atoms with E-state index in [0.29, 0.717) is 41.4 Å². The summed E-state index contributed by atoms with van der Waals surface area (Å²) in [6.07, 6.45) is 3.16. The number of anilines is 1. The SMILES string of the molecule is CCCN1C(=O)[C@H]2[C@H](CC=C3[C@H]2C[C@H]2C(=O)N(Nc4ccc(F)cc4)C(=O)[C@@]2(c2ccc(Cl)cc2)[C@H]3c2ccc(OCCO)cc2)C1=O. The van der Waals surface area contributed by atoms with E-state index in [4.69, 9.17) is 16.3 Å². The maximum atomic E-state index is 15.1. The third-order valence-corrected chi connectivity index (χ3v) is 10.6. The summed E-state index contributed by atoms with van der Waals surface area (Å²) in [6, 6.07) is 19.5. The number of allylic oxidation sites excluding steroid dienone is 2. The number of fused-ring (bicyclic) bond motifs is 4. The molecule has 248 valence electrons. The number of carbonyl (C=O) groups excluding carboxylic acids is 4. The fraction of sp³-hybridized carbons (Fsp3) is 0.351. The number of hydrogen-bond acceptors (Lipinski definition) is 7. The van der Waals surface area contributed by atoms with Crippen LogP contribution >= 0.6 is 11.6 Å². The zero-order valence-corrected chi connectivity index (χ0v) is 27.0. The Labute approximate surface area is 282 Å². The van der Waals surface area contributed by atoms with Gasteiger partial charge in [0.15, 0.2) is 0 Å². The molecule has 7 rings (SSSR count). The zero-order valence-electron chi connectivity index (χ0n) is 26.3. The van der Waals surface area contributed by atoms with Crippen molar-refractivity contribution in [2.24, 2.45) is 23.7 Å². The average Bonchev–Trinajstić information content (AvgIpc) is 3.46. The van der Waals surface area contributed by atoms with E-state index in [1.165, 1.54) is 29.2 Å². The number of imide groups is 2. The Bertz CT molecular complexity index is 1800. The number of rotatable bonds is 9. The second-order valence-corrected chi connectivity index (χ2v) is 13.3. The van der Waals surface area contributed by atoms with E-state index in [1.54, 1.807) is 36.4 Å². The van der Waals surface area contributed by atoms with Crippen molar-refractivity contribution in [1.82, 2.24) is 9.91 Å². The van der Waals surface area contributed by atoms with E-state index in [1.807, 2.05) is 25.1 Å². The van der Waals surface area contributed by atoms with Gasteiger partial charge in [-0.05, 0) is 84.8 Å². The van der Waals surface area contributed by atoms with Crippen LogP contribution in [0.2, 0.25) is 5.02 Å². The van der Waals surface area contributed by atoms with E-state index >= 15 is 4.79 Å². The first-order chi connectivity index (χ1) is 23.2. The van der Waals surface area contributed by atoms with Gasteiger partial charge in [0.25, 0.3) is 11.8 Å².